The molecule has 2 rings (SSSR count). The quantitative estimate of drug-likeness (QED) is 0.878. The lowest BCUT2D eigenvalue weighted by Crippen LogP contribution is -2.42. The molecule has 124 valence electrons. The van der Waals surface area contributed by atoms with Crippen molar-refractivity contribution in [2.45, 2.75) is 25.8 Å². The van der Waals surface area contributed by atoms with Crippen LogP contribution < -0.4 is 11.1 Å². The lowest BCUT2D eigenvalue weighted by molar-refractivity contribution is -0.117. The number of hydrogen-bond acceptors (Lipinski definition) is 3. The molecule has 0 bridgehead atoms. The van der Waals surface area contributed by atoms with Gasteiger partial charge in [0, 0.05) is 6.04 Å². The van der Waals surface area contributed by atoms with Crippen molar-refractivity contribution in [2.24, 2.45) is 11.7 Å². The van der Waals surface area contributed by atoms with E-state index in [1.54, 1.807) is 0 Å². The third-order valence-corrected chi connectivity index (χ3v) is 4.26. The van der Waals surface area contributed by atoms with Crippen molar-refractivity contribution >= 4 is 35.6 Å². The molecule has 0 radical (unpaired) electrons. The maximum Gasteiger partial charge on any atom is 0.238 e. The fourth-order valence-electron chi connectivity index (χ4n) is 2.62. The highest BCUT2D eigenvalue weighted by molar-refractivity contribution is 6.33. The van der Waals surface area contributed by atoms with Gasteiger partial charge in [0.25, 0.3) is 0 Å². The molecule has 4 nitrogen and oxygen atoms in total. The minimum absolute atomic E-state index is 0. The second-order valence-electron chi connectivity index (χ2n) is 5.65. The summed E-state index contributed by atoms with van der Waals surface area (Å²) in [5.74, 6) is -0.0189. The zero-order chi connectivity index (χ0) is 15.4. The highest BCUT2D eigenvalue weighted by Gasteiger charge is 2.23. The summed E-state index contributed by atoms with van der Waals surface area (Å²) in [5.41, 5.74) is 6.34. The van der Waals surface area contributed by atoms with Crippen molar-refractivity contribution < 1.29 is 9.18 Å². The van der Waals surface area contributed by atoms with E-state index in [9.17, 15) is 9.18 Å². The molecule has 1 atom stereocenters. The van der Waals surface area contributed by atoms with Crippen molar-refractivity contribution in [3.05, 3.63) is 29.0 Å². The number of halogens is 3. The predicted molar refractivity (Wildman–Crippen MR) is 90.1 cm³/mol. The number of piperidine rings is 1. The molecule has 1 saturated heterocycles. The number of nitrogens with one attached hydrogen (secondary N) is 1. The van der Waals surface area contributed by atoms with Crippen LogP contribution in [0.5, 0.6) is 0 Å². The Hall–Kier alpha value is -0.880. The van der Waals surface area contributed by atoms with Crippen LogP contribution in [-0.4, -0.2) is 36.5 Å². The van der Waals surface area contributed by atoms with E-state index in [-0.39, 0.29) is 29.4 Å². The number of likely N-dealkylation sites (tertiary alicyclic amines) is 1. The Bertz CT molecular complexity index is 506. The second kappa shape index (κ2) is 8.67. The largest absolute Gasteiger partial charge is 0.328 e. The van der Waals surface area contributed by atoms with Crippen LogP contribution in [0.15, 0.2) is 18.2 Å². The fourth-order valence-corrected chi connectivity index (χ4v) is 2.83. The Morgan fingerprint density at radius 1 is 1.50 bits per heavy atom. The summed E-state index contributed by atoms with van der Waals surface area (Å²) in [4.78, 5) is 14.1. The predicted octanol–water partition coefficient (Wildman–Crippen LogP) is 2.90. The summed E-state index contributed by atoms with van der Waals surface area (Å²) in [7, 11) is 0. The van der Waals surface area contributed by atoms with Gasteiger partial charge in [-0.2, -0.15) is 0 Å². The molecule has 22 heavy (non-hydrogen) atoms. The molecule has 3 N–H and O–H groups in total. The van der Waals surface area contributed by atoms with Gasteiger partial charge in [0.15, 0.2) is 0 Å². The normalized spacial score (nSPS) is 17.6. The first kappa shape index (κ1) is 19.2. The Morgan fingerprint density at radius 2 is 2.14 bits per heavy atom. The number of benzene rings is 1. The highest BCUT2D eigenvalue weighted by atomic mass is 35.5. The molecular weight excluding hydrogens is 328 g/mol. The monoisotopic (exact) mass is 349 g/mol. The van der Waals surface area contributed by atoms with Gasteiger partial charge in [-0.1, -0.05) is 11.6 Å². The molecule has 0 aliphatic carbocycles. The van der Waals surface area contributed by atoms with Gasteiger partial charge in [-0.25, -0.2) is 4.39 Å². The van der Waals surface area contributed by atoms with E-state index >= 15 is 0 Å². The maximum absolute atomic E-state index is 12.9. The van der Waals surface area contributed by atoms with E-state index in [2.05, 4.69) is 10.2 Å². The molecule has 0 spiro atoms. The van der Waals surface area contributed by atoms with Crippen LogP contribution in [0.1, 0.15) is 19.8 Å². The Kier molecular flexibility index (Phi) is 7.56. The number of nitrogens with zero attached hydrogens (tertiary/aromatic N) is 1. The van der Waals surface area contributed by atoms with Gasteiger partial charge in [-0.3, -0.25) is 9.69 Å². The fraction of sp³-hybridized carbons (Fsp3) is 0.533. The minimum Gasteiger partial charge on any atom is -0.328 e. The molecule has 1 amide bonds. The summed E-state index contributed by atoms with van der Waals surface area (Å²) in [6.45, 7) is 4.09. The average molecular weight is 350 g/mol. The molecule has 0 saturated carbocycles. The van der Waals surface area contributed by atoms with Crippen molar-refractivity contribution in [3.63, 3.8) is 0 Å². The van der Waals surface area contributed by atoms with Gasteiger partial charge >= 0.3 is 0 Å². The first-order valence-electron chi connectivity index (χ1n) is 7.18. The van der Waals surface area contributed by atoms with Crippen LogP contribution >= 0.6 is 24.0 Å². The van der Waals surface area contributed by atoms with Crippen LogP contribution in [0.4, 0.5) is 10.1 Å². The molecule has 0 aromatic heterocycles. The molecule has 1 heterocycles. The number of anilines is 1. The smallest absolute Gasteiger partial charge is 0.238 e. The summed E-state index contributed by atoms with van der Waals surface area (Å²) in [5, 5.41) is 2.92. The number of rotatable bonds is 4. The first-order chi connectivity index (χ1) is 9.95. The lowest BCUT2D eigenvalue weighted by Gasteiger charge is -2.33. The van der Waals surface area contributed by atoms with Crippen LogP contribution in [0, 0.1) is 11.7 Å². The van der Waals surface area contributed by atoms with Gasteiger partial charge in [-0.15, -0.1) is 12.4 Å². The number of carbonyl (C=O) groups is 1. The third kappa shape index (κ3) is 5.39. The Balaban J connectivity index is 0.00000242. The summed E-state index contributed by atoms with van der Waals surface area (Å²) >= 11 is 5.89. The molecule has 1 aromatic carbocycles. The van der Waals surface area contributed by atoms with Crippen molar-refractivity contribution in [2.75, 3.05) is 25.0 Å². The van der Waals surface area contributed by atoms with Crippen molar-refractivity contribution in [1.82, 2.24) is 4.90 Å². The third-order valence-electron chi connectivity index (χ3n) is 3.95. The van der Waals surface area contributed by atoms with E-state index in [1.165, 1.54) is 18.2 Å². The standard InChI is InChI=1S/C15H21ClFN3O.ClH/c1-10(18)11-4-6-20(7-5-11)9-15(21)19-14-3-2-12(17)8-13(14)16;/h2-3,8,10-11H,4-7,9,18H2,1H3,(H,19,21);1H. The molecule has 1 fully saturated rings. The zero-order valence-corrected chi connectivity index (χ0v) is 14.1. The maximum atomic E-state index is 12.9. The van der Waals surface area contributed by atoms with Crippen LogP contribution in [-0.2, 0) is 4.79 Å². The van der Waals surface area contributed by atoms with Crippen molar-refractivity contribution in [3.8, 4) is 0 Å². The molecular formula is C15H22Cl2FN3O. The topological polar surface area (TPSA) is 58.4 Å². The summed E-state index contributed by atoms with van der Waals surface area (Å²) in [6.07, 6.45) is 2.03. The van der Waals surface area contributed by atoms with Gasteiger partial charge in [0.05, 0.1) is 17.3 Å². The van der Waals surface area contributed by atoms with E-state index in [0.29, 0.717) is 18.2 Å². The summed E-state index contributed by atoms with van der Waals surface area (Å²) in [6, 6.07) is 4.14. The molecule has 1 aromatic rings. The van der Waals surface area contributed by atoms with Gasteiger partial charge in [0.2, 0.25) is 5.91 Å². The average Bonchev–Trinajstić information content (AvgIpc) is 2.42. The number of hydrogen-bond donors (Lipinski definition) is 2. The van der Waals surface area contributed by atoms with E-state index in [0.717, 1.165) is 25.9 Å². The number of nitrogens with two attached hydrogens (primary N) is 1. The Labute approximate surface area is 141 Å². The van der Waals surface area contributed by atoms with E-state index in [1.807, 2.05) is 6.92 Å². The first-order valence-corrected chi connectivity index (χ1v) is 7.56. The zero-order valence-electron chi connectivity index (χ0n) is 12.5. The number of carbonyl (C=O) groups excluding carboxylic acids is 1. The Morgan fingerprint density at radius 3 is 2.68 bits per heavy atom. The molecule has 1 aliphatic heterocycles. The van der Waals surface area contributed by atoms with Gasteiger partial charge in [0.1, 0.15) is 5.82 Å². The van der Waals surface area contributed by atoms with Crippen LogP contribution in [0.2, 0.25) is 5.02 Å². The van der Waals surface area contributed by atoms with Crippen LogP contribution in [0.25, 0.3) is 0 Å². The van der Waals surface area contributed by atoms with Crippen LogP contribution in [0.3, 0.4) is 0 Å². The number of amides is 1. The van der Waals surface area contributed by atoms with Crippen molar-refractivity contribution in [1.29, 1.82) is 0 Å². The minimum atomic E-state index is -0.420. The van der Waals surface area contributed by atoms with Gasteiger partial charge in [-0.05, 0) is 57.0 Å². The molecule has 1 aliphatic rings. The second-order valence-corrected chi connectivity index (χ2v) is 6.05. The summed E-state index contributed by atoms with van der Waals surface area (Å²) < 4.78 is 12.9. The van der Waals surface area contributed by atoms with E-state index < -0.39 is 5.82 Å². The highest BCUT2D eigenvalue weighted by Crippen LogP contribution is 2.23. The van der Waals surface area contributed by atoms with Gasteiger partial charge < -0.3 is 11.1 Å². The lowest BCUT2D eigenvalue weighted by atomic mass is 9.91. The van der Waals surface area contributed by atoms with E-state index in [4.69, 9.17) is 17.3 Å². The SMILES string of the molecule is CC(N)C1CCN(CC(=O)Nc2ccc(F)cc2Cl)CC1.Cl. The molecule has 7 heteroatoms. The molecule has 1 unspecified atom stereocenters.